The second-order valence-corrected chi connectivity index (χ2v) is 5.68. The van der Waals surface area contributed by atoms with E-state index in [0.29, 0.717) is 5.56 Å². The Hall–Kier alpha value is -1.60. The number of carbonyl (C=O) groups is 1. The smallest absolute Gasteiger partial charge is 0.255 e. The summed E-state index contributed by atoms with van der Waals surface area (Å²) in [6, 6.07) is 4.85. The second-order valence-electron chi connectivity index (χ2n) is 3.95. The van der Waals surface area contributed by atoms with Gasteiger partial charge in [0.05, 0.1) is 11.3 Å². The first-order chi connectivity index (χ1) is 8.31. The first kappa shape index (κ1) is 14.5. The fraction of sp³-hybridized carbons (Fsp3) is 0.364. The number of hydrogen-bond donors (Lipinski definition) is 3. The third kappa shape index (κ3) is 4.34. The summed E-state index contributed by atoms with van der Waals surface area (Å²) in [4.78, 5) is 11.7. The molecule has 18 heavy (non-hydrogen) atoms. The summed E-state index contributed by atoms with van der Waals surface area (Å²) in [5.74, 6) is -0.695. The molecule has 0 aliphatic heterocycles. The van der Waals surface area contributed by atoms with Gasteiger partial charge in [0.25, 0.3) is 5.91 Å². The lowest BCUT2D eigenvalue weighted by Crippen LogP contribution is -2.27. The Labute approximate surface area is 106 Å². The number of carbonyl (C=O) groups excluding carboxylic acids is 1. The van der Waals surface area contributed by atoms with Crippen LogP contribution in [0.4, 0.5) is 0 Å². The zero-order valence-corrected chi connectivity index (χ0v) is 10.8. The summed E-state index contributed by atoms with van der Waals surface area (Å²) >= 11 is 0. The number of nitrogens with one attached hydrogen (secondary N) is 1. The fourth-order valence-electron chi connectivity index (χ4n) is 1.41. The van der Waals surface area contributed by atoms with E-state index in [0.717, 1.165) is 0 Å². The number of primary sulfonamides is 1. The van der Waals surface area contributed by atoms with Crippen molar-refractivity contribution in [1.29, 1.82) is 0 Å². The maximum atomic E-state index is 11.7. The number of sulfonamides is 1. The quantitative estimate of drug-likeness (QED) is 0.661. The van der Waals surface area contributed by atoms with Gasteiger partial charge >= 0.3 is 0 Å². The molecule has 0 atom stereocenters. The van der Waals surface area contributed by atoms with E-state index in [1.54, 1.807) is 19.1 Å². The minimum atomic E-state index is -3.50. The second kappa shape index (κ2) is 5.83. The highest BCUT2D eigenvalue weighted by atomic mass is 32.2. The molecule has 0 aromatic heterocycles. The number of aromatic hydroxyl groups is 1. The minimum absolute atomic E-state index is 0.0681. The van der Waals surface area contributed by atoms with E-state index in [4.69, 9.17) is 5.14 Å². The molecule has 0 spiro atoms. The monoisotopic (exact) mass is 272 g/mol. The van der Waals surface area contributed by atoms with E-state index in [1.807, 2.05) is 0 Å². The van der Waals surface area contributed by atoms with Crippen molar-refractivity contribution in [3.8, 4) is 5.75 Å². The van der Waals surface area contributed by atoms with E-state index in [2.05, 4.69) is 5.32 Å². The molecule has 0 fully saturated rings. The molecule has 4 N–H and O–H groups in total. The number of amides is 1. The number of phenols is 1. The van der Waals surface area contributed by atoms with Gasteiger partial charge in [0, 0.05) is 6.54 Å². The molecule has 0 radical (unpaired) electrons. The molecule has 1 rings (SSSR count). The van der Waals surface area contributed by atoms with Crippen LogP contribution in [0, 0.1) is 6.92 Å². The number of rotatable bonds is 5. The van der Waals surface area contributed by atoms with E-state index in [1.165, 1.54) is 6.07 Å². The predicted molar refractivity (Wildman–Crippen MR) is 67.8 cm³/mol. The SMILES string of the molecule is Cc1cccc(C(=O)NCCCS(N)(=O)=O)c1O. The van der Waals surface area contributed by atoms with Crippen molar-refractivity contribution >= 4 is 15.9 Å². The Balaban J connectivity index is 2.54. The van der Waals surface area contributed by atoms with Gasteiger partial charge < -0.3 is 10.4 Å². The lowest BCUT2D eigenvalue weighted by atomic mass is 10.1. The number of para-hydroxylation sites is 1. The lowest BCUT2D eigenvalue weighted by Gasteiger charge is -2.07. The summed E-state index contributed by atoms with van der Waals surface area (Å²) in [6.07, 6.45) is 0.233. The Bertz CT molecular complexity index is 540. The van der Waals surface area contributed by atoms with Crippen LogP contribution in [0.1, 0.15) is 22.3 Å². The maximum Gasteiger partial charge on any atom is 0.255 e. The molecule has 1 aromatic rings. The lowest BCUT2D eigenvalue weighted by molar-refractivity contribution is 0.0951. The summed E-state index contributed by atoms with van der Waals surface area (Å²) in [5, 5.41) is 17.0. The van der Waals surface area contributed by atoms with Gasteiger partial charge in [-0.05, 0) is 25.0 Å². The van der Waals surface area contributed by atoms with Gasteiger partial charge in [-0.15, -0.1) is 0 Å². The topological polar surface area (TPSA) is 109 Å². The third-order valence-electron chi connectivity index (χ3n) is 2.37. The van der Waals surface area contributed by atoms with Crippen molar-refractivity contribution in [3.05, 3.63) is 29.3 Å². The van der Waals surface area contributed by atoms with Gasteiger partial charge in [-0.2, -0.15) is 0 Å². The van der Waals surface area contributed by atoms with Crippen molar-refractivity contribution in [2.24, 2.45) is 5.14 Å². The summed E-state index contributed by atoms with van der Waals surface area (Å²) < 4.78 is 21.3. The molecule has 0 aliphatic carbocycles. The van der Waals surface area contributed by atoms with Crippen molar-refractivity contribution in [2.75, 3.05) is 12.3 Å². The van der Waals surface area contributed by atoms with Crippen LogP contribution < -0.4 is 10.5 Å². The molecule has 0 saturated heterocycles. The Morgan fingerprint density at radius 2 is 2.11 bits per heavy atom. The van der Waals surface area contributed by atoms with Gasteiger partial charge in [-0.25, -0.2) is 13.6 Å². The first-order valence-corrected chi connectivity index (χ1v) is 7.10. The first-order valence-electron chi connectivity index (χ1n) is 5.38. The van der Waals surface area contributed by atoms with Gasteiger partial charge in [-0.3, -0.25) is 4.79 Å². The summed E-state index contributed by atoms with van der Waals surface area (Å²) in [6.45, 7) is 1.87. The van der Waals surface area contributed by atoms with Crippen LogP contribution in [0.5, 0.6) is 5.75 Å². The van der Waals surface area contributed by atoms with Crippen LogP contribution >= 0.6 is 0 Å². The fourth-order valence-corrected chi connectivity index (χ4v) is 1.96. The number of benzene rings is 1. The van der Waals surface area contributed by atoms with Crippen LogP contribution in [0.25, 0.3) is 0 Å². The molecule has 1 aromatic carbocycles. The van der Waals surface area contributed by atoms with E-state index in [9.17, 15) is 18.3 Å². The van der Waals surface area contributed by atoms with Crippen LogP contribution in [-0.4, -0.2) is 31.7 Å². The molecule has 0 unspecified atom stereocenters. The molecular weight excluding hydrogens is 256 g/mol. The molecule has 0 heterocycles. The minimum Gasteiger partial charge on any atom is -0.507 e. The van der Waals surface area contributed by atoms with Gasteiger partial charge in [0.1, 0.15) is 5.75 Å². The van der Waals surface area contributed by atoms with Gasteiger partial charge in [0.2, 0.25) is 10.0 Å². The maximum absolute atomic E-state index is 11.7. The Morgan fingerprint density at radius 1 is 1.44 bits per heavy atom. The normalized spacial score (nSPS) is 11.2. The molecule has 1 amide bonds. The van der Waals surface area contributed by atoms with Gasteiger partial charge in [-0.1, -0.05) is 12.1 Å². The molecule has 0 saturated carbocycles. The number of hydrogen-bond acceptors (Lipinski definition) is 4. The largest absolute Gasteiger partial charge is 0.507 e. The van der Waals surface area contributed by atoms with E-state index < -0.39 is 15.9 Å². The Kier molecular flexibility index (Phi) is 4.69. The summed E-state index contributed by atoms with van der Waals surface area (Å²) in [7, 11) is -3.50. The van der Waals surface area contributed by atoms with E-state index in [-0.39, 0.29) is 30.0 Å². The third-order valence-corrected chi connectivity index (χ3v) is 3.23. The number of aryl methyl sites for hydroxylation is 1. The van der Waals surface area contributed by atoms with Crippen molar-refractivity contribution in [3.63, 3.8) is 0 Å². The van der Waals surface area contributed by atoms with Crippen LogP contribution in [-0.2, 0) is 10.0 Å². The molecule has 7 heteroatoms. The molecular formula is C11H16N2O4S. The number of nitrogens with two attached hydrogens (primary N) is 1. The van der Waals surface area contributed by atoms with Crippen LogP contribution in [0.3, 0.4) is 0 Å². The summed E-state index contributed by atoms with van der Waals surface area (Å²) in [5.41, 5.74) is 0.776. The van der Waals surface area contributed by atoms with E-state index >= 15 is 0 Å². The highest BCUT2D eigenvalue weighted by Gasteiger charge is 2.12. The average molecular weight is 272 g/mol. The molecule has 0 aliphatic rings. The predicted octanol–water partition coefficient (Wildman–Crippen LogP) is 0.109. The number of phenolic OH excluding ortho intramolecular Hbond substituents is 1. The standard InChI is InChI=1S/C11H16N2O4S/c1-8-4-2-5-9(10(8)14)11(15)13-6-3-7-18(12,16)17/h2,4-5,14H,3,6-7H2,1H3,(H,13,15)(H2,12,16,17). The zero-order chi connectivity index (χ0) is 13.8. The average Bonchev–Trinajstić information content (AvgIpc) is 2.26. The molecule has 100 valence electrons. The van der Waals surface area contributed by atoms with Crippen LogP contribution in [0.15, 0.2) is 18.2 Å². The molecule has 6 nitrogen and oxygen atoms in total. The van der Waals surface area contributed by atoms with Crippen molar-refractivity contribution in [2.45, 2.75) is 13.3 Å². The molecule has 0 bridgehead atoms. The highest BCUT2D eigenvalue weighted by molar-refractivity contribution is 7.89. The van der Waals surface area contributed by atoms with Crippen LogP contribution in [0.2, 0.25) is 0 Å². The Morgan fingerprint density at radius 3 is 2.72 bits per heavy atom. The van der Waals surface area contributed by atoms with Crippen molar-refractivity contribution in [1.82, 2.24) is 5.32 Å². The van der Waals surface area contributed by atoms with Gasteiger partial charge in [0.15, 0.2) is 0 Å². The highest BCUT2D eigenvalue weighted by Crippen LogP contribution is 2.20. The van der Waals surface area contributed by atoms with Crippen molar-refractivity contribution < 1.29 is 18.3 Å². The zero-order valence-electron chi connectivity index (χ0n) is 10.0.